The highest BCUT2D eigenvalue weighted by Crippen LogP contribution is 2.46. The van der Waals surface area contributed by atoms with E-state index in [1.165, 1.54) is 28.0 Å². The predicted molar refractivity (Wildman–Crippen MR) is 171 cm³/mol. The second-order valence-corrected chi connectivity index (χ2v) is 12.1. The maximum Gasteiger partial charge on any atom is 0.301 e. The monoisotopic (exact) mass is 643 g/mol. The van der Waals surface area contributed by atoms with E-state index in [1.807, 2.05) is 37.3 Å². The lowest BCUT2D eigenvalue weighted by Crippen LogP contribution is -2.29. The summed E-state index contributed by atoms with van der Waals surface area (Å²) in [5.74, 6) is 0.462. The second-order valence-electron chi connectivity index (χ2n) is 9.89. The number of nitrogens with zero attached hydrogens (tertiary/aromatic N) is 3. The average molecular weight is 644 g/mol. The number of ether oxygens (including phenoxy) is 4. The maximum atomic E-state index is 13.7. The molecule has 1 saturated heterocycles. The molecule has 0 bridgehead atoms. The number of hydrogen-bond donors (Lipinski definition) is 1. The Kier molecular flexibility index (Phi) is 9.03. The first-order valence-corrected chi connectivity index (χ1v) is 16.0. The molecule has 230 valence electrons. The van der Waals surface area contributed by atoms with Crippen LogP contribution < -0.4 is 23.8 Å². The maximum absolute atomic E-state index is 13.7. The highest BCUT2D eigenvalue weighted by molar-refractivity contribution is 8.00. The van der Waals surface area contributed by atoms with Crippen molar-refractivity contribution in [1.82, 2.24) is 10.2 Å². The normalized spacial score (nSPS) is 16.9. The van der Waals surface area contributed by atoms with Crippen LogP contribution in [0.3, 0.4) is 0 Å². The second kappa shape index (κ2) is 13.4. The van der Waals surface area contributed by atoms with E-state index >= 15 is 0 Å². The van der Waals surface area contributed by atoms with E-state index < -0.39 is 17.7 Å². The van der Waals surface area contributed by atoms with Gasteiger partial charge in [0.15, 0.2) is 27.3 Å². The van der Waals surface area contributed by atoms with E-state index in [4.69, 9.17) is 18.9 Å². The van der Waals surface area contributed by atoms with Crippen molar-refractivity contribution in [3.8, 4) is 23.0 Å². The summed E-state index contributed by atoms with van der Waals surface area (Å²) in [6.07, 6.45) is 1.62. The summed E-state index contributed by atoms with van der Waals surface area (Å²) in [6, 6.07) is 18.9. The molecule has 1 aromatic heterocycles. The van der Waals surface area contributed by atoms with Gasteiger partial charge in [-0.05, 0) is 48.4 Å². The summed E-state index contributed by atoms with van der Waals surface area (Å²) >= 11 is 2.67. The summed E-state index contributed by atoms with van der Waals surface area (Å²) in [7, 11) is 0. The van der Waals surface area contributed by atoms with Gasteiger partial charge in [-0.2, -0.15) is 0 Å². The minimum Gasteiger partial charge on any atom is -0.507 e. The van der Waals surface area contributed by atoms with Crippen LogP contribution in [0.1, 0.15) is 29.7 Å². The van der Waals surface area contributed by atoms with Crippen LogP contribution in [0, 0.1) is 0 Å². The van der Waals surface area contributed by atoms with Crippen LogP contribution in [-0.2, 0) is 15.3 Å². The van der Waals surface area contributed by atoms with Crippen molar-refractivity contribution in [1.29, 1.82) is 0 Å². The number of carbonyl (C=O) groups is 2. The zero-order valence-corrected chi connectivity index (χ0v) is 25.9. The molecule has 1 amide bonds. The summed E-state index contributed by atoms with van der Waals surface area (Å²) in [5.41, 5.74) is 1.82. The van der Waals surface area contributed by atoms with Gasteiger partial charge < -0.3 is 24.1 Å². The Morgan fingerprint density at radius 3 is 2.62 bits per heavy atom. The van der Waals surface area contributed by atoms with Gasteiger partial charge in [-0.25, -0.2) is 0 Å². The Morgan fingerprint density at radius 2 is 1.84 bits per heavy atom. The molecule has 1 atom stereocenters. The van der Waals surface area contributed by atoms with Crippen LogP contribution in [0.5, 0.6) is 23.0 Å². The molecule has 6 rings (SSSR count). The first kappa shape index (κ1) is 30.2. The van der Waals surface area contributed by atoms with Gasteiger partial charge in [0.1, 0.15) is 25.6 Å². The summed E-state index contributed by atoms with van der Waals surface area (Å²) in [6.45, 7) is 6.91. The molecule has 0 spiro atoms. The molecule has 3 aromatic carbocycles. The van der Waals surface area contributed by atoms with E-state index in [-0.39, 0.29) is 23.1 Å². The fourth-order valence-corrected chi connectivity index (χ4v) is 6.82. The minimum absolute atomic E-state index is 0.104. The van der Waals surface area contributed by atoms with Crippen molar-refractivity contribution >= 4 is 45.7 Å². The van der Waals surface area contributed by atoms with E-state index in [0.717, 1.165) is 5.56 Å². The molecule has 45 heavy (non-hydrogen) atoms. The molecule has 3 heterocycles. The van der Waals surface area contributed by atoms with Crippen molar-refractivity contribution in [2.45, 2.75) is 23.1 Å². The molecule has 10 nitrogen and oxygen atoms in total. The number of benzene rings is 3. The Labute approximate surface area is 267 Å². The summed E-state index contributed by atoms with van der Waals surface area (Å²) < 4.78 is 23.6. The zero-order chi connectivity index (χ0) is 31.3. The molecule has 2 aliphatic heterocycles. The van der Waals surface area contributed by atoms with E-state index in [1.54, 1.807) is 42.5 Å². The van der Waals surface area contributed by atoms with Gasteiger partial charge in [0.25, 0.3) is 5.78 Å². The Hall–Kier alpha value is -4.81. The minimum atomic E-state index is -1.04. The van der Waals surface area contributed by atoms with Gasteiger partial charge >= 0.3 is 5.91 Å². The van der Waals surface area contributed by atoms with Crippen LogP contribution in [0.25, 0.3) is 5.76 Å². The third-order valence-corrected chi connectivity index (χ3v) is 9.13. The standard InChI is InChI=1S/C33H29N3O7S2/c1-3-14-41-23-12-10-21(17-25(23)40-4-2)28-27(29(37)22-11-13-24-26(18-22)43-16-15-42-24)30(38)31(39)36(28)32-34-35-33(45-32)44-19-20-8-6-5-7-9-20/h3,5-13,17-18,28,37H,1,4,14-16,19H2,2H3/b29-27+/t28-/m1/s1. The zero-order valence-electron chi connectivity index (χ0n) is 24.3. The van der Waals surface area contributed by atoms with Gasteiger partial charge in [0.05, 0.1) is 18.2 Å². The lowest BCUT2D eigenvalue weighted by Gasteiger charge is -2.24. The van der Waals surface area contributed by atoms with Crippen LogP contribution in [0.15, 0.2) is 89.3 Å². The molecular formula is C33H29N3O7S2. The molecule has 0 aliphatic carbocycles. The number of aromatic nitrogens is 2. The van der Waals surface area contributed by atoms with E-state index in [0.29, 0.717) is 64.0 Å². The van der Waals surface area contributed by atoms with Gasteiger partial charge in [-0.3, -0.25) is 14.5 Å². The Balaban J connectivity index is 1.43. The molecule has 0 saturated carbocycles. The molecule has 1 N–H and O–H groups in total. The van der Waals surface area contributed by atoms with Crippen molar-refractivity contribution in [2.75, 3.05) is 31.3 Å². The molecule has 0 radical (unpaired) electrons. The number of carbonyl (C=O) groups excluding carboxylic acids is 2. The van der Waals surface area contributed by atoms with Crippen LogP contribution in [0.4, 0.5) is 5.13 Å². The van der Waals surface area contributed by atoms with Crippen molar-refractivity contribution in [3.63, 3.8) is 0 Å². The molecule has 1 fully saturated rings. The number of thioether (sulfide) groups is 1. The van der Waals surface area contributed by atoms with Gasteiger partial charge in [-0.1, -0.05) is 72.2 Å². The number of aliphatic hydroxyl groups excluding tert-OH is 1. The number of fused-ring (bicyclic) bond motifs is 1. The van der Waals surface area contributed by atoms with Gasteiger partial charge in [0, 0.05) is 11.3 Å². The highest BCUT2D eigenvalue weighted by Gasteiger charge is 2.48. The first-order chi connectivity index (χ1) is 22.0. The van der Waals surface area contributed by atoms with Gasteiger partial charge in [0.2, 0.25) is 5.13 Å². The Bertz CT molecular complexity index is 1770. The van der Waals surface area contributed by atoms with Crippen LogP contribution in [0.2, 0.25) is 0 Å². The number of ketones is 1. The topological polar surface area (TPSA) is 120 Å². The SMILES string of the molecule is C=CCOc1ccc([C@@H]2/C(=C(\O)c3ccc4c(c3)OCCO4)C(=O)C(=O)N2c2nnc(SCc3ccccc3)s2)cc1OCC. The quantitative estimate of drug-likeness (QED) is 0.0506. The number of amides is 1. The smallest absolute Gasteiger partial charge is 0.301 e. The number of rotatable bonds is 11. The Morgan fingerprint density at radius 1 is 1.04 bits per heavy atom. The molecule has 0 unspecified atom stereocenters. The number of aliphatic hydroxyl groups is 1. The van der Waals surface area contributed by atoms with E-state index in [9.17, 15) is 14.7 Å². The van der Waals surface area contributed by atoms with Crippen molar-refractivity contribution < 1.29 is 33.6 Å². The first-order valence-electron chi connectivity index (χ1n) is 14.2. The fourth-order valence-electron chi connectivity index (χ4n) is 5.00. The number of hydrogen-bond acceptors (Lipinski definition) is 11. The molecule has 2 aliphatic rings. The number of Topliss-reactive ketones (excluding diaryl/α,β-unsaturated/α-hetero) is 1. The molecular weight excluding hydrogens is 615 g/mol. The van der Waals surface area contributed by atoms with Gasteiger partial charge in [-0.15, -0.1) is 10.2 Å². The summed E-state index contributed by atoms with van der Waals surface area (Å²) in [4.78, 5) is 28.7. The third kappa shape index (κ3) is 6.24. The predicted octanol–water partition coefficient (Wildman–Crippen LogP) is 6.19. The highest BCUT2D eigenvalue weighted by atomic mass is 32.2. The molecule has 4 aromatic rings. The van der Waals surface area contributed by atoms with Crippen molar-refractivity contribution in [2.24, 2.45) is 0 Å². The van der Waals surface area contributed by atoms with E-state index in [2.05, 4.69) is 16.8 Å². The lowest BCUT2D eigenvalue weighted by molar-refractivity contribution is -0.132. The third-order valence-electron chi connectivity index (χ3n) is 7.01. The van der Waals surface area contributed by atoms with Crippen LogP contribution in [-0.4, -0.2) is 53.4 Å². The largest absolute Gasteiger partial charge is 0.507 e. The fraction of sp³-hybridized carbons (Fsp3) is 0.212. The summed E-state index contributed by atoms with van der Waals surface area (Å²) in [5, 5.41) is 20.5. The lowest BCUT2D eigenvalue weighted by atomic mass is 9.95. The van der Waals surface area contributed by atoms with Crippen molar-refractivity contribution in [3.05, 3.63) is 102 Å². The average Bonchev–Trinajstić information content (AvgIpc) is 3.64. The number of anilines is 1. The van der Waals surface area contributed by atoms with Crippen LogP contribution >= 0.6 is 23.1 Å². The molecule has 12 heteroatoms.